The number of carbonyl (C=O) groups excluding carboxylic acids is 2. The summed E-state index contributed by atoms with van der Waals surface area (Å²) in [6.45, 7) is 7.37. The first-order valence-electron chi connectivity index (χ1n) is 6.56. The number of carbonyl (C=O) groups is 2. The number of hydrogen-bond acceptors (Lipinski definition) is 5. The van der Waals surface area contributed by atoms with Gasteiger partial charge in [-0.3, -0.25) is 4.79 Å². The van der Waals surface area contributed by atoms with Gasteiger partial charge in [0, 0.05) is 11.4 Å². The average Bonchev–Trinajstić information content (AvgIpc) is 2.70. The van der Waals surface area contributed by atoms with Crippen LogP contribution in [-0.4, -0.2) is 46.1 Å². The van der Waals surface area contributed by atoms with E-state index >= 15 is 0 Å². The van der Waals surface area contributed by atoms with E-state index in [1.165, 1.54) is 11.8 Å². The Balaban J connectivity index is 3.00. The second-order valence-corrected chi connectivity index (χ2v) is 5.90. The number of Topliss-reactive ketones (excluding diaryl/α,β-unsaturated/α-hetero) is 1. The lowest BCUT2D eigenvalue weighted by Crippen LogP contribution is -2.16. The van der Waals surface area contributed by atoms with Crippen molar-refractivity contribution in [3.63, 3.8) is 0 Å². The SMILES string of the molecule is CCOC(=O)c1c(C)[nH]c(C(=O)[C@H](C)SCCO)c1C. The van der Waals surface area contributed by atoms with Crippen LogP contribution >= 0.6 is 11.8 Å². The summed E-state index contributed by atoms with van der Waals surface area (Å²) in [5.41, 5.74) is 2.16. The summed E-state index contributed by atoms with van der Waals surface area (Å²) in [7, 11) is 0. The van der Waals surface area contributed by atoms with E-state index in [-0.39, 0.29) is 17.6 Å². The molecule has 0 radical (unpaired) electrons. The van der Waals surface area contributed by atoms with E-state index in [4.69, 9.17) is 9.84 Å². The van der Waals surface area contributed by atoms with Gasteiger partial charge in [-0.1, -0.05) is 0 Å². The highest BCUT2D eigenvalue weighted by Crippen LogP contribution is 2.23. The van der Waals surface area contributed by atoms with E-state index in [0.717, 1.165) is 0 Å². The number of thioether (sulfide) groups is 1. The molecule has 0 saturated heterocycles. The molecule has 1 rings (SSSR count). The lowest BCUT2D eigenvalue weighted by molar-refractivity contribution is 0.0525. The Labute approximate surface area is 123 Å². The van der Waals surface area contributed by atoms with Gasteiger partial charge in [-0.25, -0.2) is 4.79 Å². The molecule has 0 aromatic carbocycles. The number of aliphatic hydroxyl groups is 1. The van der Waals surface area contributed by atoms with Crippen molar-refractivity contribution in [2.24, 2.45) is 0 Å². The molecule has 1 aromatic rings. The van der Waals surface area contributed by atoms with Gasteiger partial charge in [0.1, 0.15) is 0 Å². The van der Waals surface area contributed by atoms with E-state index in [1.54, 1.807) is 27.7 Å². The van der Waals surface area contributed by atoms with Crippen LogP contribution in [0.2, 0.25) is 0 Å². The van der Waals surface area contributed by atoms with Crippen LogP contribution in [0.5, 0.6) is 0 Å². The molecular formula is C14H21NO4S. The largest absolute Gasteiger partial charge is 0.462 e. The third kappa shape index (κ3) is 3.64. The maximum absolute atomic E-state index is 12.3. The second-order valence-electron chi connectivity index (χ2n) is 4.45. The molecule has 0 fully saturated rings. The monoisotopic (exact) mass is 299 g/mol. The van der Waals surface area contributed by atoms with Gasteiger partial charge < -0.3 is 14.8 Å². The van der Waals surface area contributed by atoms with E-state index in [2.05, 4.69) is 4.98 Å². The van der Waals surface area contributed by atoms with Gasteiger partial charge in [0.15, 0.2) is 5.78 Å². The number of aryl methyl sites for hydroxylation is 1. The Bertz CT molecular complexity index is 496. The number of aromatic nitrogens is 1. The molecule has 1 aromatic heterocycles. The number of H-pyrrole nitrogens is 1. The first-order chi connectivity index (χ1) is 9.43. The Kier molecular flexibility index (Phi) is 6.29. The standard InChI is InChI=1S/C14H21NO4S/c1-5-19-14(18)11-8(2)12(15-9(11)3)13(17)10(4)20-7-6-16/h10,15-16H,5-7H2,1-4H3/t10-/m0/s1. The van der Waals surface area contributed by atoms with Gasteiger partial charge in [0.05, 0.1) is 29.7 Å². The normalized spacial score (nSPS) is 12.2. The van der Waals surface area contributed by atoms with E-state index < -0.39 is 5.97 Å². The zero-order chi connectivity index (χ0) is 15.3. The highest BCUT2D eigenvalue weighted by molar-refractivity contribution is 8.00. The molecule has 2 N–H and O–H groups in total. The van der Waals surface area contributed by atoms with Crippen molar-refractivity contribution in [3.8, 4) is 0 Å². The van der Waals surface area contributed by atoms with Crippen molar-refractivity contribution in [2.45, 2.75) is 32.9 Å². The van der Waals surface area contributed by atoms with Gasteiger partial charge in [0.25, 0.3) is 0 Å². The van der Waals surface area contributed by atoms with E-state index in [0.29, 0.717) is 34.9 Å². The van der Waals surface area contributed by atoms with Crippen LogP contribution in [0.3, 0.4) is 0 Å². The number of aliphatic hydroxyl groups excluding tert-OH is 1. The molecule has 6 heteroatoms. The topological polar surface area (TPSA) is 79.4 Å². The van der Waals surface area contributed by atoms with Crippen LogP contribution in [0.25, 0.3) is 0 Å². The lowest BCUT2D eigenvalue weighted by Gasteiger charge is -2.09. The van der Waals surface area contributed by atoms with Gasteiger partial charge >= 0.3 is 5.97 Å². The molecule has 0 saturated carbocycles. The first-order valence-corrected chi connectivity index (χ1v) is 7.61. The summed E-state index contributed by atoms with van der Waals surface area (Å²) in [6.07, 6.45) is 0. The minimum absolute atomic E-state index is 0.0408. The molecule has 0 bridgehead atoms. The summed E-state index contributed by atoms with van der Waals surface area (Å²) in [5, 5.41) is 8.53. The Morgan fingerprint density at radius 3 is 2.60 bits per heavy atom. The molecule has 5 nitrogen and oxygen atoms in total. The van der Waals surface area contributed by atoms with Crippen LogP contribution in [0.1, 0.15) is 46.0 Å². The molecular weight excluding hydrogens is 278 g/mol. The highest BCUT2D eigenvalue weighted by atomic mass is 32.2. The van der Waals surface area contributed by atoms with E-state index in [9.17, 15) is 9.59 Å². The molecule has 0 aliphatic carbocycles. The zero-order valence-corrected chi connectivity index (χ0v) is 13.1. The number of rotatable bonds is 7. The van der Waals surface area contributed by atoms with Crippen molar-refractivity contribution in [3.05, 3.63) is 22.5 Å². The molecule has 1 heterocycles. The number of ketones is 1. The molecule has 0 amide bonds. The Morgan fingerprint density at radius 1 is 1.40 bits per heavy atom. The number of ether oxygens (including phenoxy) is 1. The van der Waals surface area contributed by atoms with Crippen molar-refractivity contribution in [1.29, 1.82) is 0 Å². The summed E-state index contributed by atoms with van der Waals surface area (Å²) >= 11 is 1.39. The molecule has 0 aliphatic heterocycles. The number of hydrogen-bond donors (Lipinski definition) is 2. The fourth-order valence-corrected chi connectivity index (χ4v) is 2.74. The molecule has 112 valence electrons. The van der Waals surface area contributed by atoms with Gasteiger partial charge in [0.2, 0.25) is 0 Å². The molecule has 0 spiro atoms. The van der Waals surface area contributed by atoms with E-state index in [1.807, 2.05) is 0 Å². The fourth-order valence-electron chi connectivity index (χ4n) is 2.01. The Morgan fingerprint density at radius 2 is 2.05 bits per heavy atom. The van der Waals surface area contributed by atoms with Crippen LogP contribution in [0.15, 0.2) is 0 Å². The van der Waals surface area contributed by atoms with Crippen LogP contribution in [0, 0.1) is 13.8 Å². The summed E-state index contributed by atoms with van der Waals surface area (Å²) in [5.74, 6) is 0.0317. The molecule has 20 heavy (non-hydrogen) atoms. The quantitative estimate of drug-likeness (QED) is 0.595. The lowest BCUT2D eigenvalue weighted by atomic mass is 10.1. The summed E-state index contributed by atoms with van der Waals surface area (Å²) in [6, 6.07) is 0. The van der Waals surface area contributed by atoms with Gasteiger partial charge in [-0.2, -0.15) is 0 Å². The summed E-state index contributed by atoms with van der Waals surface area (Å²) < 4.78 is 5.00. The van der Waals surface area contributed by atoms with Crippen molar-refractivity contribution >= 4 is 23.5 Å². The van der Waals surface area contributed by atoms with Crippen LogP contribution < -0.4 is 0 Å². The van der Waals surface area contributed by atoms with Crippen LogP contribution in [0.4, 0.5) is 0 Å². The zero-order valence-electron chi connectivity index (χ0n) is 12.3. The third-order valence-corrected chi connectivity index (χ3v) is 4.12. The first kappa shape index (κ1) is 16.8. The number of esters is 1. The van der Waals surface area contributed by atoms with Crippen LogP contribution in [-0.2, 0) is 4.74 Å². The smallest absolute Gasteiger partial charge is 0.340 e. The van der Waals surface area contributed by atoms with Gasteiger partial charge in [-0.05, 0) is 33.3 Å². The second kappa shape index (κ2) is 7.50. The number of aromatic amines is 1. The minimum Gasteiger partial charge on any atom is -0.462 e. The molecule has 1 atom stereocenters. The number of nitrogens with one attached hydrogen (secondary N) is 1. The van der Waals surface area contributed by atoms with Crippen molar-refractivity contribution < 1.29 is 19.4 Å². The predicted molar refractivity (Wildman–Crippen MR) is 79.6 cm³/mol. The maximum atomic E-state index is 12.3. The predicted octanol–water partition coefficient (Wildman–Crippen LogP) is 2.10. The minimum atomic E-state index is -0.409. The fraction of sp³-hybridized carbons (Fsp3) is 0.571. The Hall–Kier alpha value is -1.27. The molecule has 0 unspecified atom stereocenters. The maximum Gasteiger partial charge on any atom is 0.340 e. The average molecular weight is 299 g/mol. The third-order valence-electron chi connectivity index (χ3n) is 2.99. The van der Waals surface area contributed by atoms with Crippen molar-refractivity contribution in [2.75, 3.05) is 19.0 Å². The van der Waals surface area contributed by atoms with Gasteiger partial charge in [-0.15, -0.1) is 11.8 Å². The van der Waals surface area contributed by atoms with Crippen molar-refractivity contribution in [1.82, 2.24) is 4.98 Å². The summed E-state index contributed by atoms with van der Waals surface area (Å²) in [4.78, 5) is 27.2. The highest BCUT2D eigenvalue weighted by Gasteiger charge is 2.25. The molecule has 0 aliphatic rings.